The Labute approximate surface area is 162 Å². The number of hydrogen-bond donors (Lipinski definition) is 1. The van der Waals surface area contributed by atoms with Gasteiger partial charge in [0.2, 0.25) is 0 Å². The number of benzene rings is 1. The summed E-state index contributed by atoms with van der Waals surface area (Å²) in [6.45, 7) is 4.95. The van der Waals surface area contributed by atoms with Gasteiger partial charge in [-0.15, -0.1) is 0 Å². The highest BCUT2D eigenvalue weighted by Crippen LogP contribution is 2.28. The van der Waals surface area contributed by atoms with Gasteiger partial charge in [0.05, 0.1) is 5.69 Å². The Balaban J connectivity index is 1.51. The van der Waals surface area contributed by atoms with E-state index in [2.05, 4.69) is 9.97 Å². The Morgan fingerprint density at radius 2 is 2.00 bits per heavy atom. The number of carbonyl (C=O) groups excluding carboxylic acids is 1. The summed E-state index contributed by atoms with van der Waals surface area (Å²) in [4.78, 5) is 38.1. The lowest BCUT2D eigenvalue weighted by Gasteiger charge is -2.31. The summed E-state index contributed by atoms with van der Waals surface area (Å²) >= 11 is 0. The summed E-state index contributed by atoms with van der Waals surface area (Å²) in [6.07, 6.45) is 2.81. The topological polar surface area (TPSA) is 92.1 Å². The maximum atomic E-state index is 12.6. The van der Waals surface area contributed by atoms with E-state index in [4.69, 9.17) is 9.40 Å². The third-order valence-corrected chi connectivity index (χ3v) is 5.20. The normalized spacial score (nSPS) is 15.0. The molecule has 1 amide bonds. The molecule has 0 saturated carbocycles. The Morgan fingerprint density at radius 1 is 1.21 bits per heavy atom. The van der Waals surface area contributed by atoms with Crippen LogP contribution in [0.5, 0.6) is 0 Å². The fourth-order valence-corrected chi connectivity index (χ4v) is 3.65. The number of carbonyl (C=O) groups is 1. The van der Waals surface area contributed by atoms with E-state index in [1.54, 1.807) is 17.9 Å². The van der Waals surface area contributed by atoms with Gasteiger partial charge in [0, 0.05) is 30.6 Å². The minimum Gasteiger partial charge on any atom is -0.448 e. The molecule has 4 rings (SSSR count). The molecule has 0 aliphatic carbocycles. The minimum atomic E-state index is -0.154. The van der Waals surface area contributed by atoms with Gasteiger partial charge in [-0.05, 0) is 32.8 Å². The van der Waals surface area contributed by atoms with Gasteiger partial charge >= 0.3 is 0 Å². The van der Waals surface area contributed by atoms with E-state index in [1.165, 1.54) is 6.39 Å². The van der Waals surface area contributed by atoms with E-state index in [1.807, 2.05) is 31.2 Å². The maximum absolute atomic E-state index is 12.6. The van der Waals surface area contributed by atoms with Crippen LogP contribution >= 0.6 is 0 Å². The number of aromatic amines is 1. The Hall–Kier alpha value is -3.22. The Kier molecular flexibility index (Phi) is 4.81. The largest absolute Gasteiger partial charge is 0.448 e. The number of aromatic nitrogens is 3. The van der Waals surface area contributed by atoms with Gasteiger partial charge in [-0.1, -0.05) is 23.8 Å². The van der Waals surface area contributed by atoms with Gasteiger partial charge in [0.15, 0.2) is 12.1 Å². The van der Waals surface area contributed by atoms with Crippen LogP contribution in [-0.2, 0) is 0 Å². The molecule has 0 radical (unpaired) electrons. The lowest BCUT2D eigenvalue weighted by atomic mass is 9.93. The highest BCUT2D eigenvalue weighted by atomic mass is 16.3. The number of H-pyrrole nitrogens is 1. The molecule has 28 heavy (non-hydrogen) atoms. The van der Waals surface area contributed by atoms with Crippen molar-refractivity contribution in [3.63, 3.8) is 0 Å². The first-order valence-electron chi connectivity index (χ1n) is 9.39. The van der Waals surface area contributed by atoms with Crippen molar-refractivity contribution in [2.45, 2.75) is 32.6 Å². The molecule has 1 saturated heterocycles. The molecule has 1 aromatic carbocycles. The summed E-state index contributed by atoms with van der Waals surface area (Å²) < 4.78 is 5.14. The molecule has 144 valence electrons. The highest BCUT2D eigenvalue weighted by molar-refractivity contribution is 5.93. The summed E-state index contributed by atoms with van der Waals surface area (Å²) in [6, 6.07) is 9.48. The van der Waals surface area contributed by atoms with Crippen LogP contribution < -0.4 is 5.56 Å². The summed E-state index contributed by atoms with van der Waals surface area (Å²) in [5.74, 6) is 1.16. The molecule has 0 bridgehead atoms. The second-order valence-electron chi connectivity index (χ2n) is 7.21. The number of piperidine rings is 1. The molecule has 0 unspecified atom stereocenters. The van der Waals surface area contributed by atoms with Crippen molar-refractivity contribution >= 4 is 5.91 Å². The molecule has 1 N–H and O–H groups in total. The van der Waals surface area contributed by atoms with Crippen LogP contribution in [0.25, 0.3) is 11.4 Å². The number of oxazole rings is 1. The molecule has 0 atom stereocenters. The third-order valence-electron chi connectivity index (χ3n) is 5.20. The standard InChI is InChI=1S/C21H22N4O3/c1-13-4-3-5-16(10-13)20-23-17(11-18(26)24-20)15-6-8-25(9-7-15)21(27)19-14(2)28-12-22-19/h3-5,10-12,15H,6-9H2,1-2H3,(H,23,24,26). The first-order valence-corrected chi connectivity index (χ1v) is 9.39. The molecule has 1 aliphatic heterocycles. The van der Waals surface area contributed by atoms with Crippen LogP contribution in [-0.4, -0.2) is 38.8 Å². The smallest absolute Gasteiger partial charge is 0.276 e. The van der Waals surface area contributed by atoms with Crippen LogP contribution in [0.1, 0.15) is 46.3 Å². The molecule has 7 heteroatoms. The summed E-state index contributed by atoms with van der Waals surface area (Å²) in [5.41, 5.74) is 3.01. The number of aryl methyl sites for hydroxylation is 2. The first kappa shape index (κ1) is 18.2. The van der Waals surface area contributed by atoms with Gasteiger partial charge in [-0.25, -0.2) is 9.97 Å². The predicted molar refractivity (Wildman–Crippen MR) is 104 cm³/mol. The van der Waals surface area contributed by atoms with Gasteiger partial charge in [0.1, 0.15) is 11.6 Å². The van der Waals surface area contributed by atoms with Crippen LogP contribution in [0.3, 0.4) is 0 Å². The van der Waals surface area contributed by atoms with Crippen molar-refractivity contribution in [3.8, 4) is 11.4 Å². The van der Waals surface area contributed by atoms with Gasteiger partial charge < -0.3 is 14.3 Å². The number of hydrogen-bond acceptors (Lipinski definition) is 5. The second kappa shape index (κ2) is 7.42. The van der Waals surface area contributed by atoms with E-state index >= 15 is 0 Å². The molecular formula is C21H22N4O3. The molecule has 1 fully saturated rings. The zero-order valence-electron chi connectivity index (χ0n) is 15.9. The molecule has 1 aliphatic rings. The lowest BCUT2D eigenvalue weighted by Crippen LogP contribution is -2.38. The van der Waals surface area contributed by atoms with E-state index in [9.17, 15) is 9.59 Å². The quantitative estimate of drug-likeness (QED) is 0.756. The van der Waals surface area contributed by atoms with E-state index in [0.717, 1.165) is 29.7 Å². The van der Waals surface area contributed by atoms with Gasteiger partial charge in [-0.3, -0.25) is 9.59 Å². The molecule has 2 aromatic heterocycles. The number of nitrogens with zero attached hydrogens (tertiary/aromatic N) is 3. The van der Waals surface area contributed by atoms with Crippen molar-refractivity contribution in [2.75, 3.05) is 13.1 Å². The van der Waals surface area contributed by atoms with Crippen molar-refractivity contribution in [2.24, 2.45) is 0 Å². The minimum absolute atomic E-state index is 0.107. The summed E-state index contributed by atoms with van der Waals surface area (Å²) in [7, 11) is 0. The third kappa shape index (κ3) is 3.60. The van der Waals surface area contributed by atoms with Gasteiger partial charge in [-0.2, -0.15) is 0 Å². The average molecular weight is 378 g/mol. The maximum Gasteiger partial charge on any atom is 0.276 e. The van der Waals surface area contributed by atoms with Crippen molar-refractivity contribution in [1.82, 2.24) is 19.9 Å². The molecular weight excluding hydrogens is 356 g/mol. The van der Waals surface area contributed by atoms with E-state index in [0.29, 0.717) is 30.4 Å². The zero-order chi connectivity index (χ0) is 19.7. The SMILES string of the molecule is Cc1cccc(-c2nc(C3CCN(C(=O)c4ncoc4C)CC3)cc(=O)[nH]2)c1. The van der Waals surface area contributed by atoms with E-state index in [-0.39, 0.29) is 17.4 Å². The van der Waals surface area contributed by atoms with Crippen LogP contribution in [0, 0.1) is 13.8 Å². The van der Waals surface area contributed by atoms with Crippen molar-refractivity contribution in [1.29, 1.82) is 0 Å². The first-order chi connectivity index (χ1) is 13.5. The van der Waals surface area contributed by atoms with E-state index < -0.39 is 0 Å². The predicted octanol–water partition coefficient (Wildman–Crippen LogP) is 3.06. The second-order valence-corrected chi connectivity index (χ2v) is 7.21. The van der Waals surface area contributed by atoms with Crippen LogP contribution in [0.15, 0.2) is 45.9 Å². The Bertz CT molecular complexity index is 1060. The molecule has 7 nitrogen and oxygen atoms in total. The van der Waals surface area contributed by atoms with Crippen LogP contribution in [0.4, 0.5) is 0 Å². The van der Waals surface area contributed by atoms with Crippen molar-refractivity contribution in [3.05, 3.63) is 69.8 Å². The fraction of sp³-hybridized carbons (Fsp3) is 0.333. The number of amides is 1. The number of rotatable bonds is 3. The summed E-state index contributed by atoms with van der Waals surface area (Å²) in [5, 5.41) is 0. The number of nitrogens with one attached hydrogen (secondary N) is 1. The average Bonchev–Trinajstić information content (AvgIpc) is 3.13. The molecule has 0 spiro atoms. The molecule has 3 aromatic rings. The highest BCUT2D eigenvalue weighted by Gasteiger charge is 2.28. The zero-order valence-corrected chi connectivity index (χ0v) is 15.9. The van der Waals surface area contributed by atoms with Gasteiger partial charge in [0.25, 0.3) is 11.5 Å². The Morgan fingerprint density at radius 3 is 2.68 bits per heavy atom. The number of likely N-dealkylation sites (tertiary alicyclic amines) is 1. The molecule has 3 heterocycles. The van der Waals surface area contributed by atoms with Crippen molar-refractivity contribution < 1.29 is 9.21 Å². The van der Waals surface area contributed by atoms with Crippen LogP contribution in [0.2, 0.25) is 0 Å². The monoisotopic (exact) mass is 378 g/mol. The lowest BCUT2D eigenvalue weighted by molar-refractivity contribution is 0.0705. The fourth-order valence-electron chi connectivity index (χ4n) is 3.65.